The summed E-state index contributed by atoms with van der Waals surface area (Å²) in [4.78, 5) is 14.1. The van der Waals surface area contributed by atoms with Crippen LogP contribution >= 0.6 is 0 Å². The average Bonchev–Trinajstić information content (AvgIpc) is 3.11. The second-order valence-corrected chi connectivity index (χ2v) is 4.86. The van der Waals surface area contributed by atoms with E-state index in [4.69, 9.17) is 0 Å². The summed E-state index contributed by atoms with van der Waals surface area (Å²) in [7, 11) is 0. The van der Waals surface area contributed by atoms with E-state index in [1.54, 1.807) is 12.1 Å². The Hall–Kier alpha value is -2.44. The van der Waals surface area contributed by atoms with E-state index in [0.29, 0.717) is 5.82 Å². The molecule has 0 unspecified atom stereocenters. The van der Waals surface area contributed by atoms with Gasteiger partial charge in [0.15, 0.2) is 17.3 Å². The molecule has 1 saturated heterocycles. The quantitative estimate of drug-likeness (QED) is 0.881. The van der Waals surface area contributed by atoms with Crippen LogP contribution in [0.2, 0.25) is 0 Å². The van der Waals surface area contributed by atoms with E-state index in [1.807, 2.05) is 13.0 Å². The third-order valence-electron chi connectivity index (χ3n) is 3.26. The lowest BCUT2D eigenvalue weighted by Gasteiger charge is -2.15. The van der Waals surface area contributed by atoms with Crippen LogP contribution in [0.1, 0.15) is 29.0 Å². The van der Waals surface area contributed by atoms with Crippen LogP contribution in [0.3, 0.4) is 0 Å². The zero-order chi connectivity index (χ0) is 13.9. The Morgan fingerprint density at radius 3 is 2.70 bits per heavy atom. The predicted molar refractivity (Wildman–Crippen MR) is 74.8 cm³/mol. The Morgan fingerprint density at radius 2 is 2.10 bits per heavy atom. The Kier molecular flexibility index (Phi) is 3.32. The monoisotopic (exact) mass is 272 g/mol. The van der Waals surface area contributed by atoms with Crippen molar-refractivity contribution in [1.29, 1.82) is 0 Å². The van der Waals surface area contributed by atoms with E-state index < -0.39 is 0 Å². The van der Waals surface area contributed by atoms with E-state index in [0.717, 1.165) is 24.6 Å². The maximum atomic E-state index is 12.0. The Labute approximate surface area is 116 Å². The molecule has 7 nitrogen and oxygen atoms in total. The van der Waals surface area contributed by atoms with Crippen molar-refractivity contribution in [3.05, 3.63) is 29.6 Å². The highest BCUT2D eigenvalue weighted by atomic mass is 16.2. The van der Waals surface area contributed by atoms with E-state index in [9.17, 15) is 4.79 Å². The minimum absolute atomic E-state index is 0.286. The van der Waals surface area contributed by atoms with Gasteiger partial charge in [-0.25, -0.2) is 0 Å². The lowest BCUT2D eigenvalue weighted by Crippen LogP contribution is -2.21. The van der Waals surface area contributed by atoms with E-state index in [1.165, 1.54) is 12.8 Å². The molecule has 0 aliphatic carbocycles. The second kappa shape index (κ2) is 5.28. The fraction of sp³-hybridized carbons (Fsp3) is 0.385. The topological polar surface area (TPSA) is 86.8 Å². The van der Waals surface area contributed by atoms with Gasteiger partial charge in [-0.2, -0.15) is 5.10 Å². The third kappa shape index (κ3) is 2.61. The van der Waals surface area contributed by atoms with Crippen LogP contribution in [0.15, 0.2) is 18.2 Å². The summed E-state index contributed by atoms with van der Waals surface area (Å²) in [6, 6.07) is 5.28. The van der Waals surface area contributed by atoms with Crippen molar-refractivity contribution in [2.75, 3.05) is 23.3 Å². The first-order valence-corrected chi connectivity index (χ1v) is 6.64. The molecule has 1 fully saturated rings. The molecule has 0 bridgehead atoms. The van der Waals surface area contributed by atoms with Crippen LogP contribution in [0.25, 0.3) is 0 Å². The first-order valence-electron chi connectivity index (χ1n) is 6.64. The van der Waals surface area contributed by atoms with Gasteiger partial charge in [-0.05, 0) is 31.9 Å². The molecule has 0 aromatic carbocycles. The highest BCUT2D eigenvalue weighted by molar-refractivity contribution is 6.02. The van der Waals surface area contributed by atoms with Crippen LogP contribution in [-0.2, 0) is 0 Å². The van der Waals surface area contributed by atoms with E-state index in [2.05, 4.69) is 30.6 Å². The molecule has 1 aliphatic heterocycles. The minimum Gasteiger partial charge on any atom is -0.355 e. The largest absolute Gasteiger partial charge is 0.355 e. The molecule has 0 saturated carbocycles. The van der Waals surface area contributed by atoms with Crippen molar-refractivity contribution in [2.45, 2.75) is 19.8 Å². The number of amides is 1. The number of aromatic amines is 1. The van der Waals surface area contributed by atoms with Gasteiger partial charge in [-0.1, -0.05) is 0 Å². The molecular weight excluding hydrogens is 256 g/mol. The molecule has 7 heteroatoms. The molecule has 20 heavy (non-hydrogen) atoms. The van der Waals surface area contributed by atoms with Crippen LogP contribution in [0.4, 0.5) is 11.6 Å². The molecule has 2 N–H and O–H groups in total. The molecule has 0 radical (unpaired) electrons. The molecule has 1 aliphatic rings. The van der Waals surface area contributed by atoms with Crippen LogP contribution in [-0.4, -0.2) is 39.4 Å². The van der Waals surface area contributed by atoms with Crippen molar-refractivity contribution >= 4 is 17.5 Å². The SMILES string of the molecule is Cc1cc(NC(=O)c2ccc(N3CCCC3)nn2)n[nH]1. The van der Waals surface area contributed by atoms with Crippen molar-refractivity contribution in [3.8, 4) is 0 Å². The standard InChI is InChI=1S/C13H16N6O/c1-9-8-11(17-15-9)14-13(20)10-4-5-12(18-16-10)19-6-2-3-7-19/h4-5,8H,2-3,6-7H2,1H3,(H2,14,15,17,20). The number of nitrogens with one attached hydrogen (secondary N) is 2. The normalized spacial score (nSPS) is 14.6. The Balaban J connectivity index is 1.68. The summed E-state index contributed by atoms with van der Waals surface area (Å²) in [5.74, 6) is 1.00. The molecule has 2 aromatic heterocycles. The van der Waals surface area contributed by atoms with Crippen molar-refractivity contribution < 1.29 is 4.79 Å². The van der Waals surface area contributed by atoms with Gasteiger partial charge in [0.2, 0.25) is 0 Å². The molecule has 0 atom stereocenters. The van der Waals surface area contributed by atoms with Crippen LogP contribution in [0, 0.1) is 6.92 Å². The summed E-state index contributed by atoms with van der Waals surface area (Å²) >= 11 is 0. The Bertz CT molecular complexity index is 600. The average molecular weight is 272 g/mol. The number of carbonyl (C=O) groups excluding carboxylic acids is 1. The summed E-state index contributed by atoms with van der Waals surface area (Å²) < 4.78 is 0. The van der Waals surface area contributed by atoms with Gasteiger partial charge < -0.3 is 10.2 Å². The van der Waals surface area contributed by atoms with E-state index >= 15 is 0 Å². The maximum Gasteiger partial charge on any atom is 0.277 e. The molecule has 104 valence electrons. The molecule has 1 amide bonds. The number of hydrogen-bond acceptors (Lipinski definition) is 5. The number of H-pyrrole nitrogens is 1. The smallest absolute Gasteiger partial charge is 0.277 e. The summed E-state index contributed by atoms with van der Waals surface area (Å²) in [5.41, 5.74) is 1.17. The molecule has 3 rings (SSSR count). The van der Waals surface area contributed by atoms with Gasteiger partial charge in [-0.3, -0.25) is 9.89 Å². The third-order valence-corrected chi connectivity index (χ3v) is 3.26. The van der Waals surface area contributed by atoms with Gasteiger partial charge in [0.05, 0.1) is 0 Å². The zero-order valence-corrected chi connectivity index (χ0v) is 11.3. The fourth-order valence-electron chi connectivity index (χ4n) is 2.22. The van der Waals surface area contributed by atoms with Gasteiger partial charge >= 0.3 is 0 Å². The van der Waals surface area contributed by atoms with Gasteiger partial charge in [-0.15, -0.1) is 10.2 Å². The van der Waals surface area contributed by atoms with Gasteiger partial charge in [0, 0.05) is 24.8 Å². The van der Waals surface area contributed by atoms with Crippen LogP contribution < -0.4 is 10.2 Å². The zero-order valence-electron chi connectivity index (χ0n) is 11.3. The molecular formula is C13H16N6O. The molecule has 3 heterocycles. The number of carbonyl (C=O) groups is 1. The van der Waals surface area contributed by atoms with Gasteiger partial charge in [0.25, 0.3) is 5.91 Å². The highest BCUT2D eigenvalue weighted by Gasteiger charge is 2.15. The number of aryl methyl sites for hydroxylation is 1. The summed E-state index contributed by atoms with van der Waals surface area (Å²) in [6.07, 6.45) is 2.37. The number of anilines is 2. The lowest BCUT2D eigenvalue weighted by molar-refractivity contribution is 0.102. The number of aromatic nitrogens is 4. The lowest BCUT2D eigenvalue weighted by atomic mass is 10.3. The highest BCUT2D eigenvalue weighted by Crippen LogP contribution is 2.16. The minimum atomic E-state index is -0.308. The van der Waals surface area contributed by atoms with Crippen LogP contribution in [0.5, 0.6) is 0 Å². The summed E-state index contributed by atoms with van der Waals surface area (Å²) in [6.45, 7) is 3.88. The fourth-order valence-corrected chi connectivity index (χ4v) is 2.22. The first kappa shape index (κ1) is 12.6. The van der Waals surface area contributed by atoms with Crippen molar-refractivity contribution in [3.63, 3.8) is 0 Å². The summed E-state index contributed by atoms with van der Waals surface area (Å²) in [5, 5.41) is 17.5. The number of hydrogen-bond donors (Lipinski definition) is 2. The van der Waals surface area contributed by atoms with E-state index in [-0.39, 0.29) is 11.6 Å². The van der Waals surface area contributed by atoms with Crippen molar-refractivity contribution in [2.24, 2.45) is 0 Å². The molecule has 2 aromatic rings. The Morgan fingerprint density at radius 1 is 1.30 bits per heavy atom. The predicted octanol–water partition coefficient (Wildman–Crippen LogP) is 1.36. The second-order valence-electron chi connectivity index (χ2n) is 4.86. The molecule has 0 spiro atoms. The number of nitrogens with zero attached hydrogens (tertiary/aromatic N) is 4. The first-order chi connectivity index (χ1) is 9.72. The van der Waals surface area contributed by atoms with Gasteiger partial charge in [0.1, 0.15) is 0 Å². The van der Waals surface area contributed by atoms with Crippen molar-refractivity contribution in [1.82, 2.24) is 20.4 Å². The number of rotatable bonds is 3. The maximum absolute atomic E-state index is 12.0.